The number of hydrogen-bond donors (Lipinski definition) is 1. The molecule has 1 aliphatic rings. The van der Waals surface area contributed by atoms with Gasteiger partial charge in [0.1, 0.15) is 0 Å². The van der Waals surface area contributed by atoms with E-state index in [9.17, 15) is 13.2 Å². The molecule has 1 aliphatic heterocycles. The van der Waals surface area contributed by atoms with Crippen LogP contribution >= 0.6 is 23.2 Å². The van der Waals surface area contributed by atoms with Crippen LogP contribution in [0.4, 0.5) is 11.4 Å². The molecule has 32 heavy (non-hydrogen) atoms. The largest absolute Gasteiger partial charge is 0.454 e. The summed E-state index contributed by atoms with van der Waals surface area (Å²) in [6.45, 7) is 0.183. The molecule has 0 aliphatic carbocycles. The van der Waals surface area contributed by atoms with Crippen LogP contribution in [0.3, 0.4) is 0 Å². The van der Waals surface area contributed by atoms with Crippen LogP contribution in [0.25, 0.3) is 0 Å². The molecule has 10 heteroatoms. The minimum absolute atomic E-state index is 0.0307. The van der Waals surface area contributed by atoms with E-state index in [4.69, 9.17) is 32.7 Å². The number of nitrogens with one attached hydrogen (secondary N) is 1. The molecule has 0 atom stereocenters. The SMILES string of the molecule is CS(=O)(=O)N(Cc1ccc(C(=O)Nc2ccc3c(c2)OCO3)cc1)c1cccc(Cl)c1Cl. The van der Waals surface area contributed by atoms with Gasteiger partial charge in [-0.3, -0.25) is 9.10 Å². The zero-order chi connectivity index (χ0) is 22.9. The maximum atomic E-state index is 12.6. The third-order valence-corrected chi connectivity index (χ3v) is 6.71. The van der Waals surface area contributed by atoms with Crippen molar-refractivity contribution in [3.8, 4) is 11.5 Å². The fourth-order valence-electron chi connectivity index (χ4n) is 3.17. The molecule has 1 amide bonds. The molecular formula is C22H18Cl2N2O5S. The van der Waals surface area contributed by atoms with Gasteiger partial charge in [-0.1, -0.05) is 41.4 Å². The molecule has 3 aromatic carbocycles. The number of carbonyl (C=O) groups is 1. The fourth-order valence-corrected chi connectivity index (χ4v) is 4.51. The van der Waals surface area contributed by atoms with Crippen molar-refractivity contribution in [2.75, 3.05) is 22.7 Å². The Balaban J connectivity index is 1.51. The van der Waals surface area contributed by atoms with E-state index in [0.717, 1.165) is 6.26 Å². The monoisotopic (exact) mass is 492 g/mol. The van der Waals surface area contributed by atoms with Crippen LogP contribution < -0.4 is 19.1 Å². The van der Waals surface area contributed by atoms with Gasteiger partial charge in [-0.15, -0.1) is 0 Å². The predicted molar refractivity (Wildman–Crippen MR) is 124 cm³/mol. The highest BCUT2D eigenvalue weighted by atomic mass is 35.5. The minimum atomic E-state index is -3.64. The quantitative estimate of drug-likeness (QED) is 0.526. The highest BCUT2D eigenvalue weighted by molar-refractivity contribution is 7.92. The van der Waals surface area contributed by atoms with Crippen LogP contribution in [0.15, 0.2) is 60.7 Å². The molecule has 0 radical (unpaired) electrons. The van der Waals surface area contributed by atoms with Gasteiger partial charge >= 0.3 is 0 Å². The second-order valence-electron chi connectivity index (χ2n) is 7.06. The third-order valence-electron chi connectivity index (χ3n) is 4.77. The lowest BCUT2D eigenvalue weighted by atomic mass is 10.1. The molecule has 0 aromatic heterocycles. The summed E-state index contributed by atoms with van der Waals surface area (Å²) < 4.78 is 36.5. The third kappa shape index (κ3) is 4.77. The van der Waals surface area contributed by atoms with Crippen LogP contribution in [-0.4, -0.2) is 27.4 Å². The first-order valence-corrected chi connectivity index (χ1v) is 12.0. The van der Waals surface area contributed by atoms with E-state index in [2.05, 4.69) is 5.32 Å². The standard InChI is InChI=1S/C22H18Cl2N2O5S/c1-32(28,29)26(18-4-2-3-17(23)21(18)24)12-14-5-7-15(8-6-14)22(27)25-16-9-10-19-20(11-16)31-13-30-19/h2-11H,12-13H2,1H3,(H,25,27). The maximum Gasteiger partial charge on any atom is 0.255 e. The van der Waals surface area contributed by atoms with Crippen molar-refractivity contribution < 1.29 is 22.7 Å². The summed E-state index contributed by atoms with van der Waals surface area (Å²) >= 11 is 12.3. The van der Waals surface area contributed by atoms with E-state index in [1.165, 1.54) is 4.31 Å². The van der Waals surface area contributed by atoms with E-state index in [1.807, 2.05) is 0 Å². The Morgan fingerprint density at radius 2 is 1.75 bits per heavy atom. The van der Waals surface area contributed by atoms with E-state index in [-0.39, 0.29) is 35.0 Å². The number of carbonyl (C=O) groups excluding carboxylic acids is 1. The van der Waals surface area contributed by atoms with Gasteiger partial charge in [0.15, 0.2) is 11.5 Å². The average Bonchev–Trinajstić information content (AvgIpc) is 3.22. The second kappa shape index (κ2) is 8.90. The lowest BCUT2D eigenvalue weighted by Crippen LogP contribution is -2.29. The van der Waals surface area contributed by atoms with Crippen LogP contribution in [0.5, 0.6) is 11.5 Å². The molecule has 0 fully saturated rings. The Hall–Kier alpha value is -2.94. The minimum Gasteiger partial charge on any atom is -0.454 e. The van der Waals surface area contributed by atoms with Crippen molar-refractivity contribution >= 4 is 50.5 Å². The number of sulfonamides is 1. The fraction of sp³-hybridized carbons (Fsp3) is 0.136. The number of nitrogens with zero attached hydrogens (tertiary/aromatic N) is 1. The van der Waals surface area contributed by atoms with Crippen molar-refractivity contribution in [3.05, 3.63) is 81.8 Å². The van der Waals surface area contributed by atoms with Crippen molar-refractivity contribution in [1.82, 2.24) is 0 Å². The second-order valence-corrected chi connectivity index (χ2v) is 9.75. The smallest absolute Gasteiger partial charge is 0.255 e. The van der Waals surface area contributed by atoms with Crippen molar-refractivity contribution in [2.45, 2.75) is 6.54 Å². The Kier molecular flexibility index (Phi) is 6.19. The number of benzene rings is 3. The summed E-state index contributed by atoms with van der Waals surface area (Å²) in [5.41, 5.74) is 1.94. The summed E-state index contributed by atoms with van der Waals surface area (Å²) in [7, 11) is -3.64. The number of halogens is 2. The topological polar surface area (TPSA) is 84.9 Å². The molecule has 7 nitrogen and oxygen atoms in total. The number of hydrogen-bond acceptors (Lipinski definition) is 5. The van der Waals surface area contributed by atoms with Crippen LogP contribution in [-0.2, 0) is 16.6 Å². The molecule has 0 bridgehead atoms. The number of anilines is 2. The summed E-state index contributed by atoms with van der Waals surface area (Å²) in [6, 6.07) is 16.6. The summed E-state index contributed by atoms with van der Waals surface area (Å²) in [5, 5.41) is 3.21. The predicted octanol–water partition coefficient (Wildman–Crippen LogP) is 4.94. The van der Waals surface area contributed by atoms with Gasteiger partial charge in [-0.05, 0) is 42.0 Å². The number of amides is 1. The van der Waals surface area contributed by atoms with Crippen molar-refractivity contribution in [2.24, 2.45) is 0 Å². The van der Waals surface area contributed by atoms with Gasteiger partial charge in [0.25, 0.3) is 5.91 Å². The lowest BCUT2D eigenvalue weighted by molar-refractivity contribution is 0.102. The molecule has 0 saturated carbocycles. The Bertz CT molecular complexity index is 1280. The molecule has 0 spiro atoms. The van der Waals surface area contributed by atoms with Gasteiger partial charge in [-0.25, -0.2) is 8.42 Å². The van der Waals surface area contributed by atoms with Crippen molar-refractivity contribution in [3.63, 3.8) is 0 Å². The zero-order valence-corrected chi connectivity index (χ0v) is 19.2. The maximum absolute atomic E-state index is 12.6. The van der Waals surface area contributed by atoms with E-state index >= 15 is 0 Å². The Labute approximate surface area is 195 Å². The van der Waals surface area contributed by atoms with Crippen LogP contribution in [0.1, 0.15) is 15.9 Å². The molecule has 3 aromatic rings. The van der Waals surface area contributed by atoms with E-state index in [1.54, 1.807) is 60.7 Å². The molecule has 1 N–H and O–H groups in total. The highest BCUT2D eigenvalue weighted by Gasteiger charge is 2.22. The molecular weight excluding hydrogens is 475 g/mol. The Morgan fingerprint density at radius 3 is 2.47 bits per heavy atom. The number of rotatable bonds is 6. The average molecular weight is 493 g/mol. The molecule has 0 saturated heterocycles. The summed E-state index contributed by atoms with van der Waals surface area (Å²) in [5.74, 6) is 0.884. The highest BCUT2D eigenvalue weighted by Crippen LogP contribution is 2.35. The zero-order valence-electron chi connectivity index (χ0n) is 16.8. The molecule has 0 unspecified atom stereocenters. The van der Waals surface area contributed by atoms with Crippen LogP contribution in [0.2, 0.25) is 10.0 Å². The van der Waals surface area contributed by atoms with Crippen LogP contribution in [0, 0.1) is 0 Å². The molecule has 4 rings (SSSR count). The summed E-state index contributed by atoms with van der Waals surface area (Å²) in [6.07, 6.45) is 1.09. The molecule has 166 valence electrons. The molecule has 1 heterocycles. The van der Waals surface area contributed by atoms with Gasteiger partial charge in [0.2, 0.25) is 16.8 Å². The Morgan fingerprint density at radius 1 is 1.03 bits per heavy atom. The summed E-state index contributed by atoms with van der Waals surface area (Å²) in [4.78, 5) is 12.6. The lowest BCUT2D eigenvalue weighted by Gasteiger charge is -2.24. The first-order chi connectivity index (χ1) is 15.2. The number of fused-ring (bicyclic) bond motifs is 1. The van der Waals surface area contributed by atoms with Gasteiger partial charge in [0.05, 0.1) is 28.5 Å². The van der Waals surface area contributed by atoms with Gasteiger partial charge in [0, 0.05) is 17.3 Å². The normalized spacial score (nSPS) is 12.5. The number of ether oxygens (including phenoxy) is 2. The van der Waals surface area contributed by atoms with E-state index in [0.29, 0.717) is 28.3 Å². The van der Waals surface area contributed by atoms with Gasteiger partial charge in [-0.2, -0.15) is 0 Å². The van der Waals surface area contributed by atoms with Gasteiger partial charge < -0.3 is 14.8 Å². The first kappa shape index (κ1) is 22.3. The van der Waals surface area contributed by atoms with E-state index < -0.39 is 10.0 Å². The van der Waals surface area contributed by atoms with Crippen molar-refractivity contribution in [1.29, 1.82) is 0 Å². The first-order valence-electron chi connectivity index (χ1n) is 9.44.